The van der Waals surface area contributed by atoms with Crippen LogP contribution in [-0.4, -0.2) is 39.5 Å². The molecule has 0 aromatic heterocycles. The average molecular weight is 502 g/mol. The van der Waals surface area contributed by atoms with Gasteiger partial charge in [0.15, 0.2) is 17.3 Å². The number of allylic oxidation sites excluding steroid dienone is 5. The number of rotatable bonds is 1. The molecule has 1 saturated heterocycles. The van der Waals surface area contributed by atoms with Crippen LogP contribution in [0.2, 0.25) is 0 Å². The van der Waals surface area contributed by atoms with Crippen LogP contribution in [0.25, 0.3) is 0 Å². The summed E-state index contributed by atoms with van der Waals surface area (Å²) >= 11 is 0. The third-order valence-electron chi connectivity index (χ3n) is 7.55. The summed E-state index contributed by atoms with van der Waals surface area (Å²) in [5.41, 5.74) is 1.57. The Morgan fingerprint density at radius 3 is 2.05 bits per heavy atom. The third-order valence-corrected chi connectivity index (χ3v) is 7.55. The number of benzene rings is 1. The lowest BCUT2D eigenvalue weighted by Crippen LogP contribution is -2.47. The van der Waals surface area contributed by atoms with Crippen LogP contribution in [0.4, 0.5) is 0 Å². The maximum Gasteiger partial charge on any atom is 0.285 e. The van der Waals surface area contributed by atoms with E-state index in [4.69, 9.17) is 4.84 Å². The minimum Gasteiger partial charge on any atom is -0.507 e. The van der Waals surface area contributed by atoms with Crippen molar-refractivity contribution in [3.63, 3.8) is 0 Å². The molecular formula is C30H31NO6. The molecular weight excluding hydrogens is 470 g/mol. The summed E-state index contributed by atoms with van der Waals surface area (Å²) < 4.78 is 0. The molecule has 3 atom stereocenters. The van der Waals surface area contributed by atoms with Crippen LogP contribution in [0.5, 0.6) is 0 Å². The second-order valence-corrected chi connectivity index (χ2v) is 12.2. The van der Waals surface area contributed by atoms with E-state index in [1.165, 1.54) is 6.92 Å². The molecule has 1 N–H and O–H groups in total. The highest BCUT2D eigenvalue weighted by molar-refractivity contribution is 6.20. The molecule has 2 aliphatic heterocycles. The van der Waals surface area contributed by atoms with Gasteiger partial charge >= 0.3 is 0 Å². The quantitative estimate of drug-likeness (QED) is 0.548. The zero-order valence-electron chi connectivity index (χ0n) is 22.1. The monoisotopic (exact) mass is 501 g/mol. The average Bonchev–Trinajstić information content (AvgIpc) is 3.30. The van der Waals surface area contributed by atoms with E-state index in [-0.39, 0.29) is 17.1 Å². The zero-order chi connectivity index (χ0) is 27.2. The van der Waals surface area contributed by atoms with E-state index < -0.39 is 51.9 Å². The van der Waals surface area contributed by atoms with E-state index >= 15 is 0 Å². The molecule has 37 heavy (non-hydrogen) atoms. The van der Waals surface area contributed by atoms with E-state index in [1.807, 2.05) is 41.5 Å². The van der Waals surface area contributed by atoms with Gasteiger partial charge in [0.05, 0.1) is 5.92 Å². The summed E-state index contributed by atoms with van der Waals surface area (Å²) in [6.45, 7) is 12.8. The predicted octanol–water partition coefficient (Wildman–Crippen LogP) is 4.92. The van der Waals surface area contributed by atoms with Crippen LogP contribution in [0.1, 0.15) is 70.5 Å². The molecule has 0 radical (unpaired) electrons. The molecule has 1 aromatic rings. The first kappa shape index (κ1) is 25.1. The van der Waals surface area contributed by atoms with Crippen molar-refractivity contribution >= 4 is 23.3 Å². The van der Waals surface area contributed by atoms with Crippen molar-refractivity contribution in [3.05, 3.63) is 81.2 Å². The number of aliphatic hydroxyl groups is 1. The Labute approximate surface area is 216 Å². The highest BCUT2D eigenvalue weighted by Gasteiger charge is 2.60. The Hall–Kier alpha value is -3.58. The smallest absolute Gasteiger partial charge is 0.285 e. The lowest BCUT2D eigenvalue weighted by Gasteiger charge is -2.36. The SMILES string of the molecule is CC(=O)C1=C(O)C(=C2C=C(C(C)(C)C)C(=O)C(C(C)(C)C)=C2)[C@@H]2[C@H]3C(=O)c4ccccc4[C@H]3ON2C1=O. The summed E-state index contributed by atoms with van der Waals surface area (Å²) in [4.78, 5) is 59.1. The number of hydrogen-bond donors (Lipinski definition) is 1. The first-order chi connectivity index (χ1) is 17.1. The number of fused-ring (bicyclic) bond motifs is 5. The van der Waals surface area contributed by atoms with Crippen molar-refractivity contribution in [2.75, 3.05) is 0 Å². The summed E-state index contributed by atoms with van der Waals surface area (Å²) in [5, 5.41) is 12.6. The molecule has 1 amide bonds. The van der Waals surface area contributed by atoms with Crippen LogP contribution in [0.3, 0.4) is 0 Å². The molecule has 2 heterocycles. The number of nitrogens with zero attached hydrogens (tertiary/aromatic N) is 1. The number of ketones is 3. The Balaban J connectivity index is 1.83. The zero-order valence-corrected chi connectivity index (χ0v) is 22.1. The Morgan fingerprint density at radius 2 is 1.51 bits per heavy atom. The first-order valence-corrected chi connectivity index (χ1v) is 12.5. The minimum absolute atomic E-state index is 0.0896. The molecule has 7 heteroatoms. The van der Waals surface area contributed by atoms with Crippen LogP contribution in [0, 0.1) is 16.7 Å². The lowest BCUT2D eigenvalue weighted by molar-refractivity contribution is -0.184. The number of carbonyl (C=O) groups excluding carboxylic acids is 4. The van der Waals surface area contributed by atoms with Crippen LogP contribution >= 0.6 is 0 Å². The lowest BCUT2D eigenvalue weighted by atomic mass is 9.70. The molecule has 0 saturated carbocycles. The summed E-state index contributed by atoms with van der Waals surface area (Å²) in [5.74, 6) is -2.93. The van der Waals surface area contributed by atoms with Gasteiger partial charge in [0, 0.05) is 22.3 Å². The van der Waals surface area contributed by atoms with E-state index in [9.17, 15) is 24.3 Å². The molecule has 2 aliphatic carbocycles. The standard InChI is InChI=1S/C30H31NO6/c1-14(32)20-26(35)21(15-12-18(29(2,3)4)25(34)19(13-15)30(5,6)7)23-22-24(33)16-10-8-9-11-17(16)27(22)37-31(23)28(20)36/h8-13,22-23,27,35H,1-7H3/t22-,23+,27+/m0/s1. The van der Waals surface area contributed by atoms with Gasteiger partial charge in [-0.25, -0.2) is 5.06 Å². The van der Waals surface area contributed by atoms with Gasteiger partial charge in [0.2, 0.25) is 0 Å². The van der Waals surface area contributed by atoms with Gasteiger partial charge in [-0.05, 0) is 41.0 Å². The van der Waals surface area contributed by atoms with E-state index in [1.54, 1.807) is 36.4 Å². The van der Waals surface area contributed by atoms with Gasteiger partial charge in [-0.2, -0.15) is 0 Å². The van der Waals surface area contributed by atoms with E-state index in [2.05, 4.69) is 0 Å². The molecule has 0 spiro atoms. The molecule has 1 aromatic carbocycles. The fraction of sp³-hybridized carbons (Fsp3) is 0.400. The second-order valence-electron chi connectivity index (χ2n) is 12.2. The van der Waals surface area contributed by atoms with Gasteiger partial charge < -0.3 is 5.11 Å². The van der Waals surface area contributed by atoms with Crippen LogP contribution < -0.4 is 0 Å². The normalized spacial score (nSPS) is 25.8. The van der Waals surface area contributed by atoms with Gasteiger partial charge in [-0.15, -0.1) is 0 Å². The van der Waals surface area contributed by atoms with E-state index in [0.717, 1.165) is 5.06 Å². The fourth-order valence-corrected chi connectivity index (χ4v) is 5.73. The van der Waals surface area contributed by atoms with Crippen molar-refractivity contribution in [1.29, 1.82) is 0 Å². The number of Topliss-reactive ketones (excluding diaryl/α,β-unsaturated/α-hetero) is 3. The number of carbonyl (C=O) groups is 4. The molecule has 192 valence electrons. The van der Waals surface area contributed by atoms with Gasteiger partial charge in [0.1, 0.15) is 23.5 Å². The molecule has 7 nitrogen and oxygen atoms in total. The number of hydroxylamine groups is 2. The Bertz CT molecular complexity index is 1390. The maximum absolute atomic E-state index is 13.6. The molecule has 1 fully saturated rings. The maximum atomic E-state index is 13.6. The van der Waals surface area contributed by atoms with Gasteiger partial charge in [-0.1, -0.05) is 65.8 Å². The number of aliphatic hydroxyl groups excluding tert-OH is 1. The third kappa shape index (κ3) is 3.59. The number of hydrogen-bond acceptors (Lipinski definition) is 6. The molecule has 0 unspecified atom stereocenters. The summed E-state index contributed by atoms with van der Waals surface area (Å²) in [6.07, 6.45) is 2.71. The van der Waals surface area contributed by atoms with Crippen LogP contribution in [-0.2, 0) is 19.2 Å². The topological polar surface area (TPSA) is 101 Å². The minimum atomic E-state index is -0.960. The molecule has 5 rings (SSSR count). The molecule has 4 aliphatic rings. The predicted molar refractivity (Wildman–Crippen MR) is 136 cm³/mol. The fourth-order valence-electron chi connectivity index (χ4n) is 5.73. The van der Waals surface area contributed by atoms with Gasteiger partial charge in [-0.3, -0.25) is 24.0 Å². The highest BCUT2D eigenvalue weighted by atomic mass is 16.7. The van der Waals surface area contributed by atoms with Crippen LogP contribution in [0.15, 0.2) is 70.0 Å². The number of amides is 1. The van der Waals surface area contributed by atoms with Crippen molar-refractivity contribution in [2.24, 2.45) is 16.7 Å². The second kappa shape index (κ2) is 7.96. The van der Waals surface area contributed by atoms with Crippen molar-refractivity contribution < 1.29 is 29.1 Å². The Kier molecular flexibility index (Phi) is 5.40. The van der Waals surface area contributed by atoms with E-state index in [0.29, 0.717) is 27.8 Å². The largest absolute Gasteiger partial charge is 0.507 e. The first-order valence-electron chi connectivity index (χ1n) is 12.5. The Morgan fingerprint density at radius 1 is 0.946 bits per heavy atom. The summed E-state index contributed by atoms with van der Waals surface area (Å²) in [7, 11) is 0. The van der Waals surface area contributed by atoms with Crippen molar-refractivity contribution in [1.82, 2.24) is 5.06 Å². The van der Waals surface area contributed by atoms with Crippen molar-refractivity contribution in [2.45, 2.75) is 60.6 Å². The highest BCUT2D eigenvalue weighted by Crippen LogP contribution is 2.53. The van der Waals surface area contributed by atoms with Crippen molar-refractivity contribution in [3.8, 4) is 0 Å². The molecule has 0 bridgehead atoms. The summed E-state index contributed by atoms with van der Waals surface area (Å²) in [6, 6.07) is 6.14. The van der Waals surface area contributed by atoms with Gasteiger partial charge in [0.25, 0.3) is 5.91 Å².